The first kappa shape index (κ1) is 3.90. The van der Waals surface area contributed by atoms with E-state index in [-0.39, 0.29) is 0 Å². The zero-order valence-corrected chi connectivity index (χ0v) is 4.48. The van der Waals surface area contributed by atoms with Gasteiger partial charge in [-0.2, -0.15) is 0 Å². The molecule has 2 aliphatic rings. The van der Waals surface area contributed by atoms with E-state index in [1.54, 1.807) is 0 Å². The largest absolute Gasteiger partial charge is 0.316 e. The van der Waals surface area contributed by atoms with Crippen LogP contribution in [0.5, 0.6) is 0 Å². The van der Waals surface area contributed by atoms with Crippen molar-refractivity contribution in [3.63, 3.8) is 0 Å². The zero-order chi connectivity index (χ0) is 4.69. The first-order valence-corrected chi connectivity index (χ1v) is 3.17. The Kier molecular flexibility index (Phi) is 0.680. The van der Waals surface area contributed by atoms with Crippen LogP contribution in [0.3, 0.4) is 0 Å². The van der Waals surface area contributed by atoms with Crippen molar-refractivity contribution in [3.05, 3.63) is 0 Å². The highest BCUT2D eigenvalue weighted by Gasteiger charge is 2.38. The molecule has 1 saturated heterocycles. The molecule has 1 saturated carbocycles. The van der Waals surface area contributed by atoms with Crippen molar-refractivity contribution in [1.29, 1.82) is 0 Å². The van der Waals surface area contributed by atoms with Crippen LogP contribution in [-0.2, 0) is 0 Å². The highest BCUT2D eigenvalue weighted by Crippen LogP contribution is 2.42. The van der Waals surface area contributed by atoms with Crippen LogP contribution in [0.4, 0.5) is 0 Å². The molecular weight excluding hydrogens is 86.1 g/mol. The lowest BCUT2D eigenvalue weighted by atomic mass is 10.2. The number of hydrogen-bond acceptors (Lipinski definition) is 1. The Morgan fingerprint density at radius 3 is 2.86 bits per heavy atom. The molecule has 2 fully saturated rings. The van der Waals surface area contributed by atoms with E-state index in [9.17, 15) is 0 Å². The van der Waals surface area contributed by atoms with Crippen molar-refractivity contribution in [3.8, 4) is 0 Å². The summed E-state index contributed by atoms with van der Waals surface area (Å²) in [5, 5.41) is 3.38. The van der Waals surface area contributed by atoms with Crippen LogP contribution in [0.2, 0.25) is 0 Å². The van der Waals surface area contributed by atoms with Crippen LogP contribution in [-0.4, -0.2) is 13.1 Å². The Morgan fingerprint density at radius 1 is 1.29 bits per heavy atom. The van der Waals surface area contributed by atoms with Gasteiger partial charge < -0.3 is 5.32 Å². The fourth-order valence-electron chi connectivity index (χ4n) is 1.49. The summed E-state index contributed by atoms with van der Waals surface area (Å²) in [6, 6.07) is 0. The van der Waals surface area contributed by atoms with Gasteiger partial charge in [-0.1, -0.05) is 0 Å². The highest BCUT2D eigenvalue weighted by atomic mass is 14.9. The normalized spacial score (nSPS) is 48.0. The fourth-order valence-corrected chi connectivity index (χ4v) is 1.49. The van der Waals surface area contributed by atoms with Crippen LogP contribution in [0, 0.1) is 11.8 Å². The minimum Gasteiger partial charge on any atom is -0.316 e. The molecule has 0 spiro atoms. The lowest BCUT2D eigenvalue weighted by Crippen LogP contribution is -2.23. The smallest absolute Gasteiger partial charge is 0.00178 e. The van der Waals surface area contributed by atoms with E-state index < -0.39 is 0 Å². The molecule has 0 amide bonds. The van der Waals surface area contributed by atoms with Crippen molar-refractivity contribution in [2.75, 3.05) is 13.1 Å². The van der Waals surface area contributed by atoms with Crippen molar-refractivity contribution in [2.24, 2.45) is 11.8 Å². The number of rotatable bonds is 0. The van der Waals surface area contributed by atoms with Gasteiger partial charge in [-0.15, -0.1) is 0 Å². The first-order valence-electron chi connectivity index (χ1n) is 3.17. The molecule has 2 atom stereocenters. The molecule has 40 valence electrons. The van der Waals surface area contributed by atoms with Crippen LogP contribution >= 0.6 is 0 Å². The Morgan fingerprint density at radius 2 is 2.29 bits per heavy atom. The molecule has 2 rings (SSSR count). The van der Waals surface area contributed by atoms with Gasteiger partial charge >= 0.3 is 0 Å². The molecule has 1 unspecified atom stereocenters. The van der Waals surface area contributed by atoms with Crippen molar-refractivity contribution in [1.82, 2.24) is 5.32 Å². The molecule has 0 aromatic carbocycles. The highest BCUT2D eigenvalue weighted by molar-refractivity contribution is 4.91. The standard InChI is InChI=1S/C6H11N/c1-2-7-4-6-3-5(1)6/h5-7H,1-4H2/t5-,6?/m0/s1. The number of nitrogens with one attached hydrogen (secondary N) is 1. The fraction of sp³-hybridized carbons (Fsp3) is 1.00. The molecule has 1 heteroatoms. The maximum absolute atomic E-state index is 3.38. The molecule has 1 nitrogen and oxygen atoms in total. The summed E-state index contributed by atoms with van der Waals surface area (Å²) in [6.07, 6.45) is 2.97. The predicted octanol–water partition coefficient (Wildman–Crippen LogP) is 0.616. The molecule has 0 bridgehead atoms. The summed E-state index contributed by atoms with van der Waals surface area (Å²) in [7, 11) is 0. The Balaban J connectivity index is 1.95. The summed E-state index contributed by atoms with van der Waals surface area (Å²) < 4.78 is 0. The van der Waals surface area contributed by atoms with E-state index >= 15 is 0 Å². The third kappa shape index (κ3) is 0.556. The van der Waals surface area contributed by atoms with E-state index in [1.807, 2.05) is 0 Å². The van der Waals surface area contributed by atoms with Gasteiger partial charge in [0.1, 0.15) is 0 Å². The van der Waals surface area contributed by atoms with Gasteiger partial charge in [-0.3, -0.25) is 0 Å². The SMILES string of the molecule is C1C[C@H]2CC2CN1. The van der Waals surface area contributed by atoms with Crippen LogP contribution in [0.15, 0.2) is 0 Å². The summed E-state index contributed by atoms with van der Waals surface area (Å²) in [5.74, 6) is 2.23. The topological polar surface area (TPSA) is 12.0 Å². The third-order valence-electron chi connectivity index (χ3n) is 2.17. The van der Waals surface area contributed by atoms with Crippen LogP contribution < -0.4 is 5.32 Å². The minimum absolute atomic E-state index is 1.09. The maximum atomic E-state index is 3.38. The molecule has 0 aromatic heterocycles. The number of hydrogen-bond donors (Lipinski definition) is 1. The van der Waals surface area contributed by atoms with Gasteiger partial charge in [0.25, 0.3) is 0 Å². The molecule has 0 aromatic rings. The second-order valence-corrected chi connectivity index (χ2v) is 2.75. The lowest BCUT2D eigenvalue weighted by Gasteiger charge is -2.08. The molecule has 1 N–H and O–H groups in total. The predicted molar refractivity (Wildman–Crippen MR) is 29.1 cm³/mol. The molecule has 7 heavy (non-hydrogen) atoms. The maximum Gasteiger partial charge on any atom is -0.00178 e. The lowest BCUT2D eigenvalue weighted by molar-refractivity contribution is 0.497. The monoisotopic (exact) mass is 97.1 g/mol. The van der Waals surface area contributed by atoms with Gasteiger partial charge in [0, 0.05) is 0 Å². The van der Waals surface area contributed by atoms with E-state index in [0.29, 0.717) is 0 Å². The van der Waals surface area contributed by atoms with E-state index in [4.69, 9.17) is 0 Å². The zero-order valence-electron chi connectivity index (χ0n) is 4.48. The molecule has 1 aliphatic heterocycles. The summed E-state index contributed by atoms with van der Waals surface area (Å²) in [4.78, 5) is 0. The average Bonchev–Trinajstić information content (AvgIpc) is 2.41. The van der Waals surface area contributed by atoms with Crippen molar-refractivity contribution < 1.29 is 0 Å². The van der Waals surface area contributed by atoms with Crippen molar-refractivity contribution in [2.45, 2.75) is 12.8 Å². The van der Waals surface area contributed by atoms with E-state index in [0.717, 1.165) is 11.8 Å². The molecule has 1 aliphatic carbocycles. The first-order chi connectivity index (χ1) is 3.47. The average molecular weight is 97.2 g/mol. The molecule has 0 radical (unpaired) electrons. The van der Waals surface area contributed by atoms with Gasteiger partial charge in [0.2, 0.25) is 0 Å². The number of fused-ring (bicyclic) bond motifs is 1. The summed E-state index contributed by atoms with van der Waals surface area (Å²) in [5.41, 5.74) is 0. The summed E-state index contributed by atoms with van der Waals surface area (Å²) in [6.45, 7) is 2.59. The third-order valence-corrected chi connectivity index (χ3v) is 2.17. The number of piperidine rings is 1. The van der Waals surface area contributed by atoms with Gasteiger partial charge in [0.15, 0.2) is 0 Å². The van der Waals surface area contributed by atoms with E-state index in [1.165, 1.54) is 25.9 Å². The Hall–Kier alpha value is -0.0400. The van der Waals surface area contributed by atoms with E-state index in [2.05, 4.69) is 5.32 Å². The van der Waals surface area contributed by atoms with Gasteiger partial charge in [0.05, 0.1) is 0 Å². The Bertz CT molecular complexity index is 70.2. The second-order valence-electron chi connectivity index (χ2n) is 2.75. The van der Waals surface area contributed by atoms with Crippen molar-refractivity contribution >= 4 is 0 Å². The molecule has 1 heterocycles. The Labute approximate surface area is 44.1 Å². The molecular formula is C6H11N. The summed E-state index contributed by atoms with van der Waals surface area (Å²) >= 11 is 0. The van der Waals surface area contributed by atoms with Gasteiger partial charge in [-0.25, -0.2) is 0 Å². The minimum atomic E-state index is 1.09. The van der Waals surface area contributed by atoms with Crippen LogP contribution in [0.25, 0.3) is 0 Å². The quantitative estimate of drug-likeness (QED) is 0.467. The van der Waals surface area contributed by atoms with Crippen LogP contribution in [0.1, 0.15) is 12.8 Å². The van der Waals surface area contributed by atoms with Gasteiger partial charge in [-0.05, 0) is 37.8 Å². The second kappa shape index (κ2) is 1.22.